The molecule has 0 rings (SSSR count). The molecule has 0 aromatic carbocycles. The van der Waals surface area contributed by atoms with E-state index < -0.39 is 0 Å². The molecule has 2 nitrogen and oxygen atoms in total. The van der Waals surface area contributed by atoms with Gasteiger partial charge in [-0.3, -0.25) is 0 Å². The molecule has 0 aliphatic heterocycles. The van der Waals surface area contributed by atoms with Crippen molar-refractivity contribution >= 4 is 5.97 Å². The first-order valence-electron chi connectivity index (χ1n) is 3.22. The van der Waals surface area contributed by atoms with E-state index in [0.29, 0.717) is 0 Å². The third-order valence-corrected chi connectivity index (χ3v) is 0.916. The van der Waals surface area contributed by atoms with Crippen molar-refractivity contribution in [1.29, 1.82) is 0 Å². The Morgan fingerprint density at radius 1 is 1.50 bits per heavy atom. The second-order valence-corrected chi connectivity index (χ2v) is 1.72. The number of hydrogen-bond acceptors (Lipinski definition) is 2. The number of ether oxygens (including phenoxy) is 1. The van der Waals surface area contributed by atoms with E-state index in [0.717, 1.165) is 6.42 Å². The zero-order valence-electron chi connectivity index (χ0n) is 6.33. The van der Waals surface area contributed by atoms with Crippen LogP contribution in [-0.2, 0) is 9.53 Å². The average molecular weight is 140 g/mol. The maximum absolute atomic E-state index is 10.4. The van der Waals surface area contributed by atoms with Gasteiger partial charge in [0, 0.05) is 6.08 Å². The van der Waals surface area contributed by atoms with Crippen LogP contribution in [0.3, 0.4) is 0 Å². The highest BCUT2D eigenvalue weighted by molar-refractivity contribution is 5.82. The summed E-state index contributed by atoms with van der Waals surface area (Å²) >= 11 is 0. The molecule has 0 radical (unpaired) electrons. The number of rotatable bonds is 3. The fourth-order valence-electron chi connectivity index (χ4n) is 0.417. The lowest BCUT2D eigenvalue weighted by molar-refractivity contribution is -0.134. The fraction of sp³-hybridized carbons (Fsp3) is 0.375. The van der Waals surface area contributed by atoms with Crippen LogP contribution in [0.5, 0.6) is 0 Å². The van der Waals surface area contributed by atoms with Gasteiger partial charge in [0.1, 0.15) is 0 Å². The smallest absolute Gasteiger partial charge is 0.330 e. The molecule has 0 aromatic rings. The van der Waals surface area contributed by atoms with Gasteiger partial charge < -0.3 is 4.74 Å². The summed E-state index contributed by atoms with van der Waals surface area (Å²) < 4.78 is 4.37. The van der Waals surface area contributed by atoms with Gasteiger partial charge in [-0.1, -0.05) is 25.2 Å². The van der Waals surface area contributed by atoms with Crippen LogP contribution >= 0.6 is 0 Å². The van der Waals surface area contributed by atoms with E-state index in [2.05, 4.69) is 4.74 Å². The first-order valence-corrected chi connectivity index (χ1v) is 3.22. The Hall–Kier alpha value is -1.05. The van der Waals surface area contributed by atoms with Crippen molar-refractivity contribution in [3.8, 4) is 0 Å². The maximum atomic E-state index is 10.4. The Labute approximate surface area is 61.2 Å². The molecule has 0 aliphatic rings. The quantitative estimate of drug-likeness (QED) is 0.338. The lowest BCUT2D eigenvalue weighted by Gasteiger charge is -1.85. The third kappa shape index (κ3) is 5.09. The first-order chi connectivity index (χ1) is 4.81. The summed E-state index contributed by atoms with van der Waals surface area (Å²) in [4.78, 5) is 10.4. The van der Waals surface area contributed by atoms with Gasteiger partial charge in [-0.2, -0.15) is 0 Å². The van der Waals surface area contributed by atoms with E-state index in [-0.39, 0.29) is 5.97 Å². The number of methoxy groups -OCH3 is 1. The minimum atomic E-state index is -0.319. The highest BCUT2D eigenvalue weighted by Gasteiger charge is 1.85. The van der Waals surface area contributed by atoms with Crippen molar-refractivity contribution in [3.63, 3.8) is 0 Å². The first kappa shape index (κ1) is 8.95. The number of esters is 1. The van der Waals surface area contributed by atoms with E-state index >= 15 is 0 Å². The zero-order valence-corrected chi connectivity index (χ0v) is 6.33. The predicted molar refractivity (Wildman–Crippen MR) is 40.6 cm³/mol. The SMILES string of the molecule is CC/C=C/C=C\C(=O)OC. The molecule has 10 heavy (non-hydrogen) atoms. The highest BCUT2D eigenvalue weighted by atomic mass is 16.5. The monoisotopic (exact) mass is 140 g/mol. The molecule has 56 valence electrons. The van der Waals surface area contributed by atoms with Gasteiger partial charge in [-0.25, -0.2) is 4.79 Å². The molecule has 0 saturated carbocycles. The number of carbonyl (C=O) groups is 1. The zero-order chi connectivity index (χ0) is 7.82. The van der Waals surface area contributed by atoms with Gasteiger partial charge in [0.05, 0.1) is 7.11 Å². The van der Waals surface area contributed by atoms with E-state index in [1.54, 1.807) is 6.08 Å². The summed E-state index contributed by atoms with van der Waals surface area (Å²) in [5.74, 6) is -0.319. The van der Waals surface area contributed by atoms with Crippen LogP contribution in [0.4, 0.5) is 0 Å². The van der Waals surface area contributed by atoms with Crippen molar-refractivity contribution in [1.82, 2.24) is 0 Å². The van der Waals surface area contributed by atoms with Crippen molar-refractivity contribution < 1.29 is 9.53 Å². The van der Waals surface area contributed by atoms with E-state index in [9.17, 15) is 4.79 Å². The van der Waals surface area contributed by atoms with Crippen molar-refractivity contribution in [2.45, 2.75) is 13.3 Å². The standard InChI is InChI=1S/C8H12O2/c1-3-4-5-6-7-8(9)10-2/h4-7H,3H2,1-2H3/b5-4+,7-6-. The normalized spacial score (nSPS) is 11.0. The Balaban J connectivity index is 3.55. The summed E-state index contributed by atoms with van der Waals surface area (Å²) in [5.41, 5.74) is 0. The molecule has 2 heteroatoms. The van der Waals surface area contributed by atoms with Crippen molar-refractivity contribution in [2.24, 2.45) is 0 Å². The van der Waals surface area contributed by atoms with Gasteiger partial charge in [-0.05, 0) is 6.42 Å². The third-order valence-electron chi connectivity index (χ3n) is 0.916. The highest BCUT2D eigenvalue weighted by Crippen LogP contribution is 1.82. The van der Waals surface area contributed by atoms with E-state index in [4.69, 9.17) is 0 Å². The van der Waals surface area contributed by atoms with Gasteiger partial charge in [-0.15, -0.1) is 0 Å². The molecule has 0 aromatic heterocycles. The molecule has 0 spiro atoms. The Kier molecular flexibility index (Phi) is 5.44. The molecule has 0 N–H and O–H groups in total. The average Bonchev–Trinajstić information content (AvgIpc) is 1.98. The number of hydrogen-bond donors (Lipinski definition) is 0. The molecule has 0 fully saturated rings. The number of allylic oxidation sites excluding steroid dienone is 3. The fourth-order valence-corrected chi connectivity index (χ4v) is 0.417. The van der Waals surface area contributed by atoms with Crippen LogP contribution in [0, 0.1) is 0 Å². The molecule has 0 aliphatic carbocycles. The lowest BCUT2D eigenvalue weighted by atomic mass is 10.4. The van der Waals surface area contributed by atoms with Gasteiger partial charge in [0.15, 0.2) is 0 Å². The molecule has 0 bridgehead atoms. The number of carbonyl (C=O) groups excluding carboxylic acids is 1. The summed E-state index contributed by atoms with van der Waals surface area (Å²) in [6, 6.07) is 0. The van der Waals surface area contributed by atoms with Crippen molar-refractivity contribution in [3.05, 3.63) is 24.3 Å². The van der Waals surface area contributed by atoms with Crippen LogP contribution in [0.2, 0.25) is 0 Å². The van der Waals surface area contributed by atoms with Crippen LogP contribution in [0.1, 0.15) is 13.3 Å². The van der Waals surface area contributed by atoms with Crippen LogP contribution in [0.25, 0.3) is 0 Å². The largest absolute Gasteiger partial charge is 0.466 e. The summed E-state index contributed by atoms with van der Waals surface area (Å²) in [6.07, 6.45) is 7.80. The van der Waals surface area contributed by atoms with Crippen molar-refractivity contribution in [2.75, 3.05) is 7.11 Å². The second kappa shape index (κ2) is 6.08. The van der Waals surface area contributed by atoms with E-state index in [1.165, 1.54) is 13.2 Å². The summed E-state index contributed by atoms with van der Waals surface area (Å²) in [5, 5.41) is 0. The topological polar surface area (TPSA) is 26.3 Å². The minimum Gasteiger partial charge on any atom is -0.466 e. The molecule has 0 amide bonds. The molecule has 0 atom stereocenters. The van der Waals surface area contributed by atoms with E-state index in [1.807, 2.05) is 19.1 Å². The van der Waals surface area contributed by atoms with Gasteiger partial charge in [0.25, 0.3) is 0 Å². The maximum Gasteiger partial charge on any atom is 0.330 e. The molecular weight excluding hydrogens is 128 g/mol. The van der Waals surface area contributed by atoms with Gasteiger partial charge in [0.2, 0.25) is 0 Å². The second-order valence-electron chi connectivity index (χ2n) is 1.72. The lowest BCUT2D eigenvalue weighted by Crippen LogP contribution is -1.92. The molecular formula is C8H12O2. The molecule has 0 saturated heterocycles. The summed E-state index contributed by atoms with van der Waals surface area (Å²) in [6.45, 7) is 2.03. The van der Waals surface area contributed by atoms with Crippen LogP contribution in [0.15, 0.2) is 24.3 Å². The molecule has 0 unspecified atom stereocenters. The predicted octanol–water partition coefficient (Wildman–Crippen LogP) is 1.68. The van der Waals surface area contributed by atoms with Crippen LogP contribution in [-0.4, -0.2) is 13.1 Å². The minimum absolute atomic E-state index is 0.319. The Bertz CT molecular complexity index is 145. The Morgan fingerprint density at radius 3 is 2.70 bits per heavy atom. The Morgan fingerprint density at radius 2 is 2.20 bits per heavy atom. The molecule has 0 heterocycles. The summed E-state index contributed by atoms with van der Waals surface area (Å²) in [7, 11) is 1.36. The van der Waals surface area contributed by atoms with Gasteiger partial charge >= 0.3 is 5.97 Å². The van der Waals surface area contributed by atoms with Crippen LogP contribution < -0.4 is 0 Å².